The fourth-order valence-electron chi connectivity index (χ4n) is 3.07. The number of methoxy groups -OCH3 is 2. The molecule has 1 N–H and O–H groups in total. The van der Waals surface area contributed by atoms with E-state index in [1.54, 1.807) is 62.8 Å². The Morgan fingerprint density at radius 1 is 0.793 bits per heavy atom. The SMILES string of the molecule is COc1ccc(N(C(=O)C(C)(O)c2ccc(OC)cc2)c2ccc(C)cc2)cc1. The van der Waals surface area contributed by atoms with Crippen molar-refractivity contribution in [2.45, 2.75) is 19.4 Å². The zero-order valence-electron chi connectivity index (χ0n) is 17.0. The maximum absolute atomic E-state index is 13.6. The van der Waals surface area contributed by atoms with E-state index >= 15 is 0 Å². The van der Waals surface area contributed by atoms with E-state index in [0.717, 1.165) is 5.56 Å². The third kappa shape index (κ3) is 4.25. The second-order valence-corrected chi connectivity index (χ2v) is 6.97. The van der Waals surface area contributed by atoms with Gasteiger partial charge < -0.3 is 14.6 Å². The lowest BCUT2D eigenvalue weighted by molar-refractivity contribution is -0.135. The van der Waals surface area contributed by atoms with Gasteiger partial charge in [-0.25, -0.2) is 0 Å². The van der Waals surface area contributed by atoms with Crippen molar-refractivity contribution in [3.05, 3.63) is 83.9 Å². The summed E-state index contributed by atoms with van der Waals surface area (Å²) < 4.78 is 10.4. The molecule has 0 saturated carbocycles. The van der Waals surface area contributed by atoms with Crippen molar-refractivity contribution in [2.75, 3.05) is 19.1 Å². The first-order chi connectivity index (χ1) is 13.9. The Morgan fingerprint density at radius 3 is 1.66 bits per heavy atom. The molecule has 0 saturated heterocycles. The molecule has 1 amide bonds. The summed E-state index contributed by atoms with van der Waals surface area (Å²) in [4.78, 5) is 15.1. The molecule has 0 bridgehead atoms. The molecule has 1 atom stereocenters. The molecule has 3 aromatic carbocycles. The van der Waals surface area contributed by atoms with Crippen LogP contribution >= 0.6 is 0 Å². The van der Waals surface area contributed by atoms with Crippen molar-refractivity contribution in [3.8, 4) is 11.5 Å². The second-order valence-electron chi connectivity index (χ2n) is 6.97. The third-order valence-corrected chi connectivity index (χ3v) is 4.89. The van der Waals surface area contributed by atoms with Crippen LogP contribution in [0.3, 0.4) is 0 Å². The Bertz CT molecular complexity index is 961. The molecule has 0 fully saturated rings. The van der Waals surface area contributed by atoms with E-state index in [2.05, 4.69) is 0 Å². The number of aliphatic hydroxyl groups is 1. The van der Waals surface area contributed by atoms with E-state index < -0.39 is 11.5 Å². The van der Waals surface area contributed by atoms with Crippen molar-refractivity contribution in [3.63, 3.8) is 0 Å². The maximum atomic E-state index is 13.6. The number of benzene rings is 3. The topological polar surface area (TPSA) is 59.0 Å². The minimum atomic E-state index is -1.74. The van der Waals surface area contributed by atoms with E-state index in [9.17, 15) is 9.90 Å². The van der Waals surface area contributed by atoms with Gasteiger partial charge in [-0.1, -0.05) is 29.8 Å². The number of anilines is 2. The number of hydrogen-bond acceptors (Lipinski definition) is 4. The molecule has 3 rings (SSSR count). The molecule has 0 radical (unpaired) electrons. The normalized spacial score (nSPS) is 12.7. The average molecular weight is 391 g/mol. The second kappa shape index (κ2) is 8.37. The summed E-state index contributed by atoms with van der Waals surface area (Å²) in [5.74, 6) is 0.881. The Morgan fingerprint density at radius 2 is 1.21 bits per heavy atom. The van der Waals surface area contributed by atoms with Gasteiger partial charge in [-0.15, -0.1) is 0 Å². The molecular weight excluding hydrogens is 366 g/mol. The lowest BCUT2D eigenvalue weighted by atomic mass is 9.93. The van der Waals surface area contributed by atoms with E-state index in [0.29, 0.717) is 28.4 Å². The van der Waals surface area contributed by atoms with Gasteiger partial charge in [-0.05, 0) is 67.9 Å². The molecule has 0 spiro atoms. The number of aryl methyl sites for hydroxylation is 1. The lowest BCUT2D eigenvalue weighted by Crippen LogP contribution is -2.43. The molecule has 0 heterocycles. The zero-order chi connectivity index (χ0) is 21.0. The average Bonchev–Trinajstić information content (AvgIpc) is 2.75. The Hall–Kier alpha value is -3.31. The highest BCUT2D eigenvalue weighted by atomic mass is 16.5. The maximum Gasteiger partial charge on any atom is 0.267 e. The van der Waals surface area contributed by atoms with Gasteiger partial charge in [-0.3, -0.25) is 9.69 Å². The van der Waals surface area contributed by atoms with E-state index in [-0.39, 0.29) is 0 Å². The molecule has 1 unspecified atom stereocenters. The van der Waals surface area contributed by atoms with Crippen LogP contribution in [0, 0.1) is 6.92 Å². The number of carbonyl (C=O) groups excluding carboxylic acids is 1. The number of hydrogen-bond donors (Lipinski definition) is 1. The summed E-state index contributed by atoms with van der Waals surface area (Å²) in [5.41, 5.74) is 1.12. The molecule has 0 aliphatic rings. The predicted molar refractivity (Wildman–Crippen MR) is 114 cm³/mol. The fourth-order valence-corrected chi connectivity index (χ4v) is 3.07. The summed E-state index contributed by atoms with van der Waals surface area (Å²) in [6, 6.07) is 21.6. The van der Waals surface area contributed by atoms with Gasteiger partial charge in [-0.2, -0.15) is 0 Å². The standard InChI is InChI=1S/C24H25NO4/c1-17-5-9-19(10-6-17)25(20-11-15-22(29-4)16-12-20)23(26)24(2,27)18-7-13-21(28-3)14-8-18/h5-16,27H,1-4H3. The smallest absolute Gasteiger partial charge is 0.267 e. The highest BCUT2D eigenvalue weighted by Gasteiger charge is 2.37. The zero-order valence-corrected chi connectivity index (χ0v) is 17.0. The molecule has 3 aromatic rings. The lowest BCUT2D eigenvalue weighted by Gasteiger charge is -2.31. The third-order valence-electron chi connectivity index (χ3n) is 4.89. The van der Waals surface area contributed by atoms with Crippen LogP contribution in [0.5, 0.6) is 11.5 Å². The summed E-state index contributed by atoms with van der Waals surface area (Å²) in [5, 5.41) is 11.2. The fraction of sp³-hybridized carbons (Fsp3) is 0.208. The summed E-state index contributed by atoms with van der Waals surface area (Å²) in [6.07, 6.45) is 0. The molecule has 150 valence electrons. The van der Waals surface area contributed by atoms with Gasteiger partial charge in [0.25, 0.3) is 5.91 Å². The largest absolute Gasteiger partial charge is 0.497 e. The van der Waals surface area contributed by atoms with Crippen LogP contribution < -0.4 is 14.4 Å². The van der Waals surface area contributed by atoms with Crippen LogP contribution in [0.25, 0.3) is 0 Å². The van der Waals surface area contributed by atoms with Crippen LogP contribution in [-0.4, -0.2) is 25.2 Å². The Labute approximate surface area is 171 Å². The van der Waals surface area contributed by atoms with Gasteiger partial charge in [0.1, 0.15) is 11.5 Å². The van der Waals surface area contributed by atoms with Gasteiger partial charge in [0, 0.05) is 11.4 Å². The van der Waals surface area contributed by atoms with E-state index in [1.165, 1.54) is 11.8 Å². The van der Waals surface area contributed by atoms with E-state index in [4.69, 9.17) is 9.47 Å². The van der Waals surface area contributed by atoms with Crippen molar-refractivity contribution in [1.82, 2.24) is 0 Å². The molecule has 5 nitrogen and oxygen atoms in total. The summed E-state index contributed by atoms with van der Waals surface area (Å²) >= 11 is 0. The van der Waals surface area contributed by atoms with Crippen LogP contribution in [0.15, 0.2) is 72.8 Å². The number of carbonyl (C=O) groups is 1. The number of rotatable bonds is 6. The highest BCUT2D eigenvalue weighted by Crippen LogP contribution is 2.34. The number of nitrogens with zero attached hydrogens (tertiary/aromatic N) is 1. The number of amides is 1. The molecule has 29 heavy (non-hydrogen) atoms. The monoisotopic (exact) mass is 391 g/mol. The molecule has 0 aromatic heterocycles. The number of ether oxygens (including phenoxy) is 2. The van der Waals surface area contributed by atoms with Gasteiger partial charge in [0.15, 0.2) is 5.60 Å². The summed E-state index contributed by atoms with van der Waals surface area (Å²) in [6.45, 7) is 3.48. The first-order valence-corrected chi connectivity index (χ1v) is 9.29. The first-order valence-electron chi connectivity index (χ1n) is 9.29. The Kier molecular flexibility index (Phi) is 5.89. The quantitative estimate of drug-likeness (QED) is 0.668. The van der Waals surface area contributed by atoms with Crippen LogP contribution in [0.4, 0.5) is 11.4 Å². The predicted octanol–water partition coefficient (Wildman–Crippen LogP) is 4.58. The Balaban J connectivity index is 2.05. The van der Waals surface area contributed by atoms with Crippen molar-refractivity contribution >= 4 is 17.3 Å². The van der Waals surface area contributed by atoms with Crippen LogP contribution in [0.1, 0.15) is 18.1 Å². The van der Waals surface area contributed by atoms with Gasteiger partial charge in [0.05, 0.1) is 14.2 Å². The molecule has 5 heteroatoms. The van der Waals surface area contributed by atoms with Crippen LogP contribution in [-0.2, 0) is 10.4 Å². The highest BCUT2D eigenvalue weighted by molar-refractivity contribution is 6.05. The minimum Gasteiger partial charge on any atom is -0.497 e. The van der Waals surface area contributed by atoms with Crippen molar-refractivity contribution < 1.29 is 19.4 Å². The molecule has 0 aliphatic heterocycles. The van der Waals surface area contributed by atoms with Crippen molar-refractivity contribution in [2.24, 2.45) is 0 Å². The van der Waals surface area contributed by atoms with Crippen LogP contribution in [0.2, 0.25) is 0 Å². The van der Waals surface area contributed by atoms with Crippen molar-refractivity contribution in [1.29, 1.82) is 0 Å². The van der Waals surface area contributed by atoms with E-state index in [1.807, 2.05) is 31.2 Å². The van der Waals surface area contributed by atoms with Gasteiger partial charge in [0.2, 0.25) is 0 Å². The molecular formula is C24H25NO4. The summed E-state index contributed by atoms with van der Waals surface area (Å²) in [7, 11) is 3.16. The van der Waals surface area contributed by atoms with Gasteiger partial charge >= 0.3 is 0 Å². The molecule has 0 aliphatic carbocycles. The minimum absolute atomic E-state index is 0.461. The first kappa shape index (κ1) is 20.4.